The summed E-state index contributed by atoms with van der Waals surface area (Å²) in [6, 6.07) is 8.91. The first-order chi connectivity index (χ1) is 11.9. The van der Waals surface area contributed by atoms with Crippen molar-refractivity contribution in [3.8, 4) is 0 Å². The number of aliphatic hydroxyl groups excluding tert-OH is 1. The van der Waals surface area contributed by atoms with Gasteiger partial charge in [-0.2, -0.15) is 0 Å². The second-order valence-electron chi connectivity index (χ2n) is 6.85. The number of amides is 1. The summed E-state index contributed by atoms with van der Waals surface area (Å²) in [6.45, 7) is 5.54. The predicted molar refractivity (Wildman–Crippen MR) is 88.4 cm³/mol. The quantitative estimate of drug-likeness (QED) is 0.840. The summed E-state index contributed by atoms with van der Waals surface area (Å²) in [5, 5.41) is 13.5. The lowest BCUT2D eigenvalue weighted by atomic mass is 9.95. The first kappa shape index (κ1) is 18.3. The van der Waals surface area contributed by atoms with E-state index in [0.29, 0.717) is 6.61 Å². The van der Waals surface area contributed by atoms with Gasteiger partial charge in [0.1, 0.15) is 24.4 Å². The van der Waals surface area contributed by atoms with Gasteiger partial charge in [0.05, 0.1) is 13.2 Å². The molecule has 1 aromatic carbocycles. The van der Waals surface area contributed by atoms with E-state index in [1.807, 2.05) is 30.3 Å². The Balaban J connectivity index is 1.73. The van der Waals surface area contributed by atoms with Crippen LogP contribution in [-0.2, 0) is 30.3 Å². The monoisotopic (exact) mass is 351 g/mol. The predicted octanol–water partition coefficient (Wildman–Crippen LogP) is 0.945. The summed E-state index contributed by atoms with van der Waals surface area (Å²) < 4.78 is 23.2. The Morgan fingerprint density at radius 2 is 2.08 bits per heavy atom. The number of fused-ring (bicyclic) bond motifs is 1. The van der Waals surface area contributed by atoms with E-state index in [4.69, 9.17) is 18.9 Å². The van der Waals surface area contributed by atoms with Crippen molar-refractivity contribution in [3.63, 3.8) is 0 Å². The smallest absolute Gasteiger partial charge is 0.217 e. The van der Waals surface area contributed by atoms with Crippen molar-refractivity contribution < 1.29 is 28.8 Å². The van der Waals surface area contributed by atoms with Crippen LogP contribution in [0.3, 0.4) is 0 Å². The zero-order valence-corrected chi connectivity index (χ0v) is 14.7. The molecule has 138 valence electrons. The van der Waals surface area contributed by atoms with Gasteiger partial charge in [0, 0.05) is 6.92 Å². The number of nitrogens with one attached hydrogen (secondary N) is 1. The van der Waals surface area contributed by atoms with E-state index in [0.717, 1.165) is 5.56 Å². The number of ether oxygens (including phenoxy) is 4. The standard InChI is InChI=1S/C18H25NO6/c1-11(20)19-14-15(21)16-13(10-23-18(2,3)25-16)24-17(14)22-9-12-7-5-4-6-8-12/h4-8,13-17,21H,9-10H2,1-3H3,(H,19,20)/t13-,14+,15-,16-,17-/m1/s1. The summed E-state index contributed by atoms with van der Waals surface area (Å²) >= 11 is 0. The maximum Gasteiger partial charge on any atom is 0.217 e. The highest BCUT2D eigenvalue weighted by molar-refractivity contribution is 5.73. The lowest BCUT2D eigenvalue weighted by Crippen LogP contribution is -2.68. The molecule has 2 aliphatic heterocycles. The summed E-state index contributed by atoms with van der Waals surface area (Å²) in [6.07, 6.45) is -2.83. The fourth-order valence-corrected chi connectivity index (χ4v) is 3.13. The van der Waals surface area contributed by atoms with Crippen LogP contribution in [0.1, 0.15) is 26.3 Å². The third kappa shape index (κ3) is 4.37. The maximum atomic E-state index is 11.6. The fraction of sp³-hybridized carbons (Fsp3) is 0.611. The highest BCUT2D eigenvalue weighted by atomic mass is 16.8. The van der Waals surface area contributed by atoms with Gasteiger partial charge in [-0.15, -0.1) is 0 Å². The molecule has 0 aliphatic carbocycles. The molecule has 0 aromatic heterocycles. The van der Waals surface area contributed by atoms with Crippen LogP contribution in [-0.4, -0.2) is 54.1 Å². The molecular formula is C18H25NO6. The Kier molecular flexibility index (Phi) is 5.41. The van der Waals surface area contributed by atoms with Crippen LogP contribution in [0, 0.1) is 0 Å². The maximum absolute atomic E-state index is 11.6. The van der Waals surface area contributed by atoms with Crippen molar-refractivity contribution in [1.29, 1.82) is 0 Å². The van der Waals surface area contributed by atoms with E-state index < -0.39 is 36.4 Å². The van der Waals surface area contributed by atoms with Crippen molar-refractivity contribution in [2.24, 2.45) is 0 Å². The first-order valence-electron chi connectivity index (χ1n) is 8.44. The Morgan fingerprint density at radius 3 is 2.76 bits per heavy atom. The highest BCUT2D eigenvalue weighted by Crippen LogP contribution is 2.33. The van der Waals surface area contributed by atoms with Gasteiger partial charge in [0.25, 0.3) is 0 Å². The Hall–Kier alpha value is -1.51. The van der Waals surface area contributed by atoms with E-state index in [9.17, 15) is 9.90 Å². The van der Waals surface area contributed by atoms with Gasteiger partial charge in [0.2, 0.25) is 5.91 Å². The molecule has 0 spiro atoms. The average Bonchev–Trinajstić information content (AvgIpc) is 2.57. The molecule has 2 aliphatic rings. The number of carbonyl (C=O) groups excluding carboxylic acids is 1. The van der Waals surface area contributed by atoms with Crippen LogP contribution in [0.5, 0.6) is 0 Å². The molecule has 1 amide bonds. The molecule has 5 atom stereocenters. The van der Waals surface area contributed by atoms with Crippen LogP contribution >= 0.6 is 0 Å². The number of benzene rings is 1. The minimum absolute atomic E-state index is 0.272. The number of hydrogen-bond donors (Lipinski definition) is 2. The molecule has 1 aromatic rings. The number of rotatable bonds is 4. The second kappa shape index (κ2) is 7.39. The molecule has 0 radical (unpaired) electrons. The van der Waals surface area contributed by atoms with Gasteiger partial charge >= 0.3 is 0 Å². The summed E-state index contributed by atoms with van der Waals surface area (Å²) in [7, 11) is 0. The minimum atomic E-state index is -0.966. The second-order valence-corrected chi connectivity index (χ2v) is 6.85. The molecule has 0 bridgehead atoms. The van der Waals surface area contributed by atoms with Gasteiger partial charge in [-0.3, -0.25) is 4.79 Å². The van der Waals surface area contributed by atoms with Gasteiger partial charge in [-0.05, 0) is 19.4 Å². The molecule has 0 saturated carbocycles. The SMILES string of the molecule is CC(=O)N[C@@H]1[C@H](OCc2ccccc2)O[C@@H]2COC(C)(C)O[C@H]2[C@@H]1O. The zero-order chi connectivity index (χ0) is 18.0. The van der Waals surface area contributed by atoms with E-state index in [-0.39, 0.29) is 12.5 Å². The first-order valence-corrected chi connectivity index (χ1v) is 8.44. The largest absolute Gasteiger partial charge is 0.388 e. The minimum Gasteiger partial charge on any atom is -0.388 e. The Labute approximate surface area is 147 Å². The zero-order valence-electron chi connectivity index (χ0n) is 14.7. The molecule has 2 fully saturated rings. The molecule has 2 saturated heterocycles. The topological polar surface area (TPSA) is 86.3 Å². The van der Waals surface area contributed by atoms with E-state index in [1.54, 1.807) is 13.8 Å². The Bertz CT molecular complexity index is 592. The molecule has 2 N–H and O–H groups in total. The van der Waals surface area contributed by atoms with Crippen LogP contribution < -0.4 is 5.32 Å². The van der Waals surface area contributed by atoms with Crippen molar-refractivity contribution in [2.45, 2.75) is 63.8 Å². The summed E-state index contributed by atoms with van der Waals surface area (Å²) in [5.74, 6) is -1.09. The van der Waals surface area contributed by atoms with Crippen molar-refractivity contribution in [2.75, 3.05) is 6.61 Å². The van der Waals surface area contributed by atoms with Gasteiger partial charge in [0.15, 0.2) is 12.1 Å². The van der Waals surface area contributed by atoms with Crippen molar-refractivity contribution in [3.05, 3.63) is 35.9 Å². The Morgan fingerprint density at radius 1 is 1.36 bits per heavy atom. The third-order valence-electron chi connectivity index (χ3n) is 4.32. The van der Waals surface area contributed by atoms with Crippen molar-refractivity contribution >= 4 is 5.91 Å². The van der Waals surface area contributed by atoms with Crippen LogP contribution in [0.2, 0.25) is 0 Å². The number of aliphatic hydroxyl groups is 1. The number of hydrogen-bond acceptors (Lipinski definition) is 6. The van der Waals surface area contributed by atoms with E-state index in [1.165, 1.54) is 6.92 Å². The number of carbonyl (C=O) groups is 1. The lowest BCUT2D eigenvalue weighted by Gasteiger charge is -2.49. The van der Waals surface area contributed by atoms with Gasteiger partial charge in [-0.25, -0.2) is 0 Å². The molecule has 25 heavy (non-hydrogen) atoms. The highest BCUT2D eigenvalue weighted by Gasteiger charge is 2.51. The van der Waals surface area contributed by atoms with Crippen LogP contribution in [0.25, 0.3) is 0 Å². The lowest BCUT2D eigenvalue weighted by molar-refractivity contribution is -0.369. The molecular weight excluding hydrogens is 326 g/mol. The van der Waals surface area contributed by atoms with Crippen LogP contribution in [0.15, 0.2) is 30.3 Å². The molecule has 0 unspecified atom stereocenters. The van der Waals surface area contributed by atoms with Gasteiger partial charge < -0.3 is 29.4 Å². The third-order valence-corrected chi connectivity index (χ3v) is 4.32. The molecule has 2 heterocycles. The summed E-state index contributed by atoms with van der Waals surface area (Å²) in [5.41, 5.74) is 0.974. The van der Waals surface area contributed by atoms with E-state index in [2.05, 4.69) is 5.32 Å². The molecule has 7 heteroatoms. The summed E-state index contributed by atoms with van der Waals surface area (Å²) in [4.78, 5) is 11.6. The van der Waals surface area contributed by atoms with Crippen molar-refractivity contribution in [1.82, 2.24) is 5.32 Å². The molecule has 7 nitrogen and oxygen atoms in total. The fourth-order valence-electron chi connectivity index (χ4n) is 3.13. The average molecular weight is 351 g/mol. The van der Waals surface area contributed by atoms with E-state index >= 15 is 0 Å². The normalized spacial score (nSPS) is 34.2. The van der Waals surface area contributed by atoms with Gasteiger partial charge in [-0.1, -0.05) is 30.3 Å². The molecule has 3 rings (SSSR count). The van der Waals surface area contributed by atoms with Crippen LogP contribution in [0.4, 0.5) is 0 Å².